The molecule has 0 heterocycles. The first kappa shape index (κ1) is 19.2. The Bertz CT molecular complexity index is 638. The number of hydrogen-bond acceptors (Lipinski definition) is 6. The Morgan fingerprint density at radius 2 is 1.88 bits per heavy atom. The first-order valence-electron chi connectivity index (χ1n) is 7.40. The van der Waals surface area contributed by atoms with E-state index >= 15 is 0 Å². The standard InChI is InChI=1S/C17H22N2O5/c1-11(2)10-18-16(21)12-6-5-7-13(8-12)19-14(17(22)24-4)9-15(20)23-3/h5-9,11,19H,10H2,1-4H3,(H,18,21)/b14-9+. The summed E-state index contributed by atoms with van der Waals surface area (Å²) in [6, 6.07) is 6.55. The summed E-state index contributed by atoms with van der Waals surface area (Å²) >= 11 is 0. The van der Waals surface area contributed by atoms with Crippen LogP contribution in [0.4, 0.5) is 5.69 Å². The molecular formula is C17H22N2O5. The molecule has 0 aliphatic heterocycles. The van der Waals surface area contributed by atoms with Gasteiger partial charge in [0.05, 0.1) is 20.3 Å². The lowest BCUT2D eigenvalue weighted by Crippen LogP contribution is -2.27. The number of benzene rings is 1. The maximum Gasteiger partial charge on any atom is 0.354 e. The van der Waals surface area contributed by atoms with Gasteiger partial charge in [-0.05, 0) is 24.1 Å². The minimum atomic E-state index is -0.727. The van der Waals surface area contributed by atoms with Crippen molar-refractivity contribution in [2.45, 2.75) is 13.8 Å². The Balaban J connectivity index is 2.95. The Kier molecular flexibility index (Phi) is 7.48. The van der Waals surface area contributed by atoms with Gasteiger partial charge in [-0.3, -0.25) is 4.79 Å². The molecule has 0 aliphatic carbocycles. The quantitative estimate of drug-likeness (QED) is 0.582. The number of carbonyl (C=O) groups is 3. The molecule has 0 saturated carbocycles. The van der Waals surface area contributed by atoms with Crippen molar-refractivity contribution in [3.05, 3.63) is 41.6 Å². The number of rotatable bonds is 7. The largest absolute Gasteiger partial charge is 0.466 e. The molecule has 7 nitrogen and oxygen atoms in total. The molecule has 0 spiro atoms. The zero-order valence-corrected chi connectivity index (χ0v) is 14.2. The monoisotopic (exact) mass is 334 g/mol. The molecule has 130 valence electrons. The van der Waals surface area contributed by atoms with E-state index in [4.69, 9.17) is 0 Å². The van der Waals surface area contributed by atoms with E-state index in [1.54, 1.807) is 24.3 Å². The second-order valence-electron chi connectivity index (χ2n) is 5.38. The fourth-order valence-electron chi connectivity index (χ4n) is 1.73. The number of ether oxygens (including phenoxy) is 2. The lowest BCUT2D eigenvalue weighted by molar-refractivity contribution is -0.138. The van der Waals surface area contributed by atoms with Gasteiger partial charge >= 0.3 is 11.9 Å². The van der Waals surface area contributed by atoms with Crippen LogP contribution in [0, 0.1) is 5.92 Å². The van der Waals surface area contributed by atoms with Crippen LogP contribution in [0.2, 0.25) is 0 Å². The zero-order chi connectivity index (χ0) is 18.1. The van der Waals surface area contributed by atoms with Crippen molar-refractivity contribution in [3.8, 4) is 0 Å². The summed E-state index contributed by atoms with van der Waals surface area (Å²) in [5.41, 5.74) is 0.805. The smallest absolute Gasteiger partial charge is 0.354 e. The van der Waals surface area contributed by atoms with Gasteiger partial charge in [0.15, 0.2) is 0 Å². The molecular weight excluding hydrogens is 312 g/mol. The van der Waals surface area contributed by atoms with Gasteiger partial charge in [0.2, 0.25) is 0 Å². The summed E-state index contributed by atoms with van der Waals surface area (Å²) in [5, 5.41) is 5.57. The van der Waals surface area contributed by atoms with E-state index in [0.717, 1.165) is 6.08 Å². The third-order valence-electron chi connectivity index (χ3n) is 2.94. The van der Waals surface area contributed by atoms with Gasteiger partial charge < -0.3 is 20.1 Å². The third-order valence-corrected chi connectivity index (χ3v) is 2.94. The van der Waals surface area contributed by atoms with Crippen LogP contribution >= 0.6 is 0 Å². The fraction of sp³-hybridized carbons (Fsp3) is 0.353. The molecule has 1 rings (SSSR count). The Morgan fingerprint density at radius 3 is 2.46 bits per heavy atom. The lowest BCUT2D eigenvalue weighted by atomic mass is 10.1. The van der Waals surface area contributed by atoms with E-state index in [0.29, 0.717) is 23.7 Å². The summed E-state index contributed by atoms with van der Waals surface area (Å²) in [6.45, 7) is 4.56. The van der Waals surface area contributed by atoms with Crippen LogP contribution < -0.4 is 10.6 Å². The van der Waals surface area contributed by atoms with Crippen LogP contribution in [0.5, 0.6) is 0 Å². The van der Waals surface area contributed by atoms with Crippen LogP contribution in [-0.4, -0.2) is 38.6 Å². The molecule has 1 aromatic carbocycles. The summed E-state index contributed by atoms with van der Waals surface area (Å²) in [7, 11) is 2.40. The number of amides is 1. The molecule has 0 bridgehead atoms. The van der Waals surface area contributed by atoms with Crippen LogP contribution in [-0.2, 0) is 19.1 Å². The minimum absolute atomic E-state index is 0.0934. The molecule has 0 aliphatic rings. The molecule has 0 saturated heterocycles. The van der Waals surface area contributed by atoms with Gasteiger partial charge in [-0.25, -0.2) is 9.59 Å². The van der Waals surface area contributed by atoms with E-state index < -0.39 is 11.9 Å². The van der Waals surface area contributed by atoms with Gasteiger partial charge in [-0.15, -0.1) is 0 Å². The highest BCUT2D eigenvalue weighted by molar-refractivity contribution is 5.99. The molecule has 0 atom stereocenters. The second kappa shape index (κ2) is 9.34. The number of esters is 2. The Hall–Kier alpha value is -2.83. The number of hydrogen-bond donors (Lipinski definition) is 2. The summed E-state index contributed by atoms with van der Waals surface area (Å²) in [5.74, 6) is -1.31. The number of carbonyl (C=O) groups excluding carboxylic acids is 3. The predicted octanol–water partition coefficient (Wildman–Crippen LogP) is 1.71. The highest BCUT2D eigenvalue weighted by atomic mass is 16.5. The van der Waals surface area contributed by atoms with E-state index in [2.05, 4.69) is 20.1 Å². The van der Waals surface area contributed by atoms with Gasteiger partial charge in [0.1, 0.15) is 5.70 Å². The Morgan fingerprint density at radius 1 is 1.17 bits per heavy atom. The average Bonchev–Trinajstić information content (AvgIpc) is 2.58. The van der Waals surface area contributed by atoms with Crippen molar-refractivity contribution in [1.82, 2.24) is 5.32 Å². The van der Waals surface area contributed by atoms with Crippen molar-refractivity contribution < 1.29 is 23.9 Å². The van der Waals surface area contributed by atoms with Crippen molar-refractivity contribution in [1.29, 1.82) is 0 Å². The topological polar surface area (TPSA) is 93.7 Å². The maximum absolute atomic E-state index is 12.1. The molecule has 24 heavy (non-hydrogen) atoms. The molecule has 1 amide bonds. The van der Waals surface area contributed by atoms with Crippen LogP contribution in [0.25, 0.3) is 0 Å². The lowest BCUT2D eigenvalue weighted by Gasteiger charge is -2.11. The average molecular weight is 334 g/mol. The third kappa shape index (κ3) is 6.12. The van der Waals surface area contributed by atoms with Gasteiger partial charge in [-0.1, -0.05) is 19.9 Å². The van der Waals surface area contributed by atoms with Crippen LogP contribution in [0.3, 0.4) is 0 Å². The fourth-order valence-corrected chi connectivity index (χ4v) is 1.73. The SMILES string of the molecule is COC(=O)/C=C(/Nc1cccc(C(=O)NCC(C)C)c1)C(=O)OC. The van der Waals surface area contributed by atoms with Crippen molar-refractivity contribution >= 4 is 23.5 Å². The van der Waals surface area contributed by atoms with E-state index in [-0.39, 0.29) is 11.6 Å². The molecule has 7 heteroatoms. The minimum Gasteiger partial charge on any atom is -0.466 e. The maximum atomic E-state index is 12.1. The molecule has 0 fully saturated rings. The molecule has 1 aromatic rings. The van der Waals surface area contributed by atoms with Crippen molar-refractivity contribution in [2.75, 3.05) is 26.1 Å². The number of methoxy groups -OCH3 is 2. The normalized spacial score (nSPS) is 11.0. The highest BCUT2D eigenvalue weighted by Crippen LogP contribution is 2.14. The molecule has 2 N–H and O–H groups in total. The first-order chi connectivity index (χ1) is 11.4. The molecule has 0 aromatic heterocycles. The molecule has 0 radical (unpaired) electrons. The summed E-state index contributed by atoms with van der Waals surface area (Å²) in [4.78, 5) is 35.2. The highest BCUT2D eigenvalue weighted by Gasteiger charge is 2.14. The van der Waals surface area contributed by atoms with E-state index in [9.17, 15) is 14.4 Å². The Labute approximate surface area is 141 Å². The number of anilines is 1. The van der Waals surface area contributed by atoms with Gasteiger partial charge in [-0.2, -0.15) is 0 Å². The van der Waals surface area contributed by atoms with Crippen LogP contribution in [0.15, 0.2) is 36.0 Å². The zero-order valence-electron chi connectivity index (χ0n) is 14.2. The number of nitrogens with one attached hydrogen (secondary N) is 2. The first-order valence-corrected chi connectivity index (χ1v) is 7.40. The summed E-state index contributed by atoms with van der Waals surface area (Å²) in [6.07, 6.45) is 0.983. The van der Waals surface area contributed by atoms with Gasteiger partial charge in [0.25, 0.3) is 5.91 Å². The summed E-state index contributed by atoms with van der Waals surface area (Å²) < 4.78 is 9.12. The van der Waals surface area contributed by atoms with E-state index in [1.807, 2.05) is 13.8 Å². The van der Waals surface area contributed by atoms with Crippen molar-refractivity contribution in [2.24, 2.45) is 5.92 Å². The van der Waals surface area contributed by atoms with Crippen molar-refractivity contribution in [3.63, 3.8) is 0 Å². The van der Waals surface area contributed by atoms with Crippen LogP contribution in [0.1, 0.15) is 24.2 Å². The predicted molar refractivity (Wildman–Crippen MR) is 89.4 cm³/mol. The second-order valence-corrected chi connectivity index (χ2v) is 5.38. The van der Waals surface area contributed by atoms with E-state index in [1.165, 1.54) is 14.2 Å². The molecule has 0 unspecified atom stereocenters. The van der Waals surface area contributed by atoms with Gasteiger partial charge in [0, 0.05) is 17.8 Å².